The molecule has 0 aromatic carbocycles. The summed E-state index contributed by atoms with van der Waals surface area (Å²) in [6, 6.07) is 0. The van der Waals surface area contributed by atoms with E-state index in [1.165, 1.54) is 0 Å². The molecule has 0 bridgehead atoms. The Balaban J connectivity index is 3.15. The van der Waals surface area contributed by atoms with Gasteiger partial charge < -0.3 is 0 Å². The number of halogens is 2. The van der Waals surface area contributed by atoms with Crippen LogP contribution in [-0.2, 0) is 30.0 Å². The van der Waals surface area contributed by atoms with Crippen LogP contribution in [0.1, 0.15) is 39.5 Å². The van der Waals surface area contributed by atoms with Gasteiger partial charge in [-0.3, -0.25) is 9.59 Å². The lowest BCUT2D eigenvalue weighted by Gasteiger charge is -2.40. The Hall–Kier alpha value is -0.900. The Kier molecular flexibility index (Phi) is 5.18. The topological polar surface area (TPSA) is 102 Å². The van der Waals surface area contributed by atoms with Crippen molar-refractivity contribution in [2.45, 2.75) is 39.5 Å². The number of carbonyl (C=O) groups excluding carboxylic acids is 2. The van der Waals surface area contributed by atoms with Crippen LogP contribution in [0.3, 0.4) is 0 Å². The lowest BCUT2D eigenvalue weighted by Crippen LogP contribution is -2.49. The summed E-state index contributed by atoms with van der Waals surface area (Å²) in [6.45, 7) is 3.31. The summed E-state index contributed by atoms with van der Waals surface area (Å²) in [5.74, 6) is -3.50. The van der Waals surface area contributed by atoms with E-state index in [1.807, 2.05) is 0 Å². The van der Waals surface area contributed by atoms with Gasteiger partial charge in [-0.25, -0.2) is 0 Å². The van der Waals surface area contributed by atoms with E-state index in [2.05, 4.69) is 0 Å². The second-order valence-corrected chi connectivity index (χ2v) is 9.40. The van der Waals surface area contributed by atoms with E-state index in [9.17, 15) is 34.2 Å². The molecule has 0 aromatic heterocycles. The third kappa shape index (κ3) is 5.08. The van der Waals surface area contributed by atoms with Gasteiger partial charge >= 0.3 is 20.4 Å². The van der Waals surface area contributed by atoms with E-state index in [0.717, 1.165) is 0 Å². The standard InChI is InChI=1S/C12H18F2O6S2/c1-11(2)7-9(15)12(10(16)8-11,3-5-21(13,17)18)4-6-22(14,19)20/h3-8H2,1-2H3. The third-order valence-electron chi connectivity index (χ3n) is 3.89. The Morgan fingerprint density at radius 1 is 0.864 bits per heavy atom. The molecule has 0 N–H and O–H groups in total. The molecule has 1 aliphatic carbocycles. The van der Waals surface area contributed by atoms with Gasteiger partial charge in [0.2, 0.25) is 0 Å². The maximum absolute atomic E-state index is 12.8. The third-order valence-corrected chi connectivity index (χ3v) is 5.27. The quantitative estimate of drug-likeness (QED) is 0.523. The van der Waals surface area contributed by atoms with Crippen LogP contribution in [0.2, 0.25) is 0 Å². The van der Waals surface area contributed by atoms with Gasteiger partial charge in [-0.15, -0.1) is 7.77 Å². The van der Waals surface area contributed by atoms with E-state index in [-0.39, 0.29) is 12.8 Å². The molecule has 1 rings (SSSR count). The predicted molar refractivity (Wildman–Crippen MR) is 74.5 cm³/mol. The van der Waals surface area contributed by atoms with Gasteiger partial charge in [0.25, 0.3) is 0 Å². The highest BCUT2D eigenvalue weighted by Crippen LogP contribution is 2.44. The van der Waals surface area contributed by atoms with Crippen LogP contribution in [0.15, 0.2) is 0 Å². The molecule has 10 heteroatoms. The first-order valence-electron chi connectivity index (χ1n) is 6.58. The van der Waals surface area contributed by atoms with Crippen molar-refractivity contribution in [3.63, 3.8) is 0 Å². The van der Waals surface area contributed by atoms with Gasteiger partial charge in [-0.2, -0.15) is 16.8 Å². The van der Waals surface area contributed by atoms with Gasteiger partial charge in [-0.05, 0) is 18.3 Å². The molecule has 0 heterocycles. The van der Waals surface area contributed by atoms with Gasteiger partial charge in [0.05, 0.1) is 16.9 Å². The highest BCUT2D eigenvalue weighted by Gasteiger charge is 2.52. The highest BCUT2D eigenvalue weighted by atomic mass is 32.3. The molecule has 0 saturated heterocycles. The molecule has 0 radical (unpaired) electrons. The highest BCUT2D eigenvalue weighted by molar-refractivity contribution is 7.86. The average Bonchev–Trinajstić information content (AvgIpc) is 2.23. The molecule has 0 aromatic rings. The van der Waals surface area contributed by atoms with Crippen molar-refractivity contribution in [2.75, 3.05) is 11.5 Å². The molecular formula is C12H18F2O6S2. The molecule has 1 saturated carbocycles. The van der Waals surface area contributed by atoms with E-state index >= 15 is 0 Å². The first-order valence-corrected chi connectivity index (χ1v) is 9.69. The monoisotopic (exact) mass is 360 g/mol. The molecule has 1 fully saturated rings. The fourth-order valence-electron chi connectivity index (χ4n) is 2.70. The summed E-state index contributed by atoms with van der Waals surface area (Å²) >= 11 is 0. The first kappa shape index (κ1) is 19.1. The summed E-state index contributed by atoms with van der Waals surface area (Å²) in [5.41, 5.74) is -2.60. The summed E-state index contributed by atoms with van der Waals surface area (Å²) < 4.78 is 68.2. The van der Waals surface area contributed by atoms with Crippen molar-refractivity contribution in [1.29, 1.82) is 0 Å². The SMILES string of the molecule is CC1(C)CC(=O)C(CCS(=O)(=O)F)(CCS(=O)(=O)F)C(=O)C1. The molecule has 0 aliphatic heterocycles. The fraction of sp³-hybridized carbons (Fsp3) is 0.833. The van der Waals surface area contributed by atoms with Crippen LogP contribution >= 0.6 is 0 Å². The predicted octanol–water partition coefficient (Wildman–Crippen LogP) is 1.31. The number of carbonyl (C=O) groups is 2. The molecule has 22 heavy (non-hydrogen) atoms. The second kappa shape index (κ2) is 5.95. The van der Waals surface area contributed by atoms with E-state index < -0.39 is 67.2 Å². The maximum Gasteiger partial charge on any atom is 0.302 e. The molecule has 128 valence electrons. The number of hydrogen-bond donors (Lipinski definition) is 0. The molecule has 6 nitrogen and oxygen atoms in total. The minimum absolute atomic E-state index is 0.0859. The number of Topliss-reactive ketones (excluding diaryl/α,β-unsaturated/α-hetero) is 2. The molecule has 0 amide bonds. The van der Waals surface area contributed by atoms with E-state index in [1.54, 1.807) is 13.8 Å². The fourth-order valence-corrected chi connectivity index (χ4v) is 3.89. The Bertz CT molecular complexity index is 620. The minimum Gasteiger partial charge on any atom is -0.299 e. The smallest absolute Gasteiger partial charge is 0.299 e. The zero-order valence-corrected chi connectivity index (χ0v) is 13.9. The van der Waals surface area contributed by atoms with Crippen LogP contribution in [0.5, 0.6) is 0 Å². The second-order valence-electron chi connectivity index (χ2n) is 6.43. The van der Waals surface area contributed by atoms with Crippen LogP contribution in [0.4, 0.5) is 7.77 Å². The van der Waals surface area contributed by atoms with Crippen molar-refractivity contribution in [3.05, 3.63) is 0 Å². The first-order chi connectivity index (χ1) is 9.67. The van der Waals surface area contributed by atoms with Gasteiger partial charge in [-0.1, -0.05) is 13.8 Å². The normalized spacial score (nSPS) is 21.8. The number of hydrogen-bond acceptors (Lipinski definition) is 6. The molecule has 1 aliphatic rings. The lowest BCUT2D eigenvalue weighted by molar-refractivity contribution is -0.148. The van der Waals surface area contributed by atoms with Crippen LogP contribution in [0.25, 0.3) is 0 Å². The van der Waals surface area contributed by atoms with Crippen molar-refractivity contribution < 1.29 is 34.2 Å². The van der Waals surface area contributed by atoms with Crippen molar-refractivity contribution in [3.8, 4) is 0 Å². The zero-order valence-electron chi connectivity index (χ0n) is 12.3. The van der Waals surface area contributed by atoms with E-state index in [4.69, 9.17) is 0 Å². The summed E-state index contributed by atoms with van der Waals surface area (Å²) in [4.78, 5) is 24.6. The number of rotatable bonds is 6. The number of ketones is 2. The summed E-state index contributed by atoms with van der Waals surface area (Å²) in [5, 5.41) is 0. The summed E-state index contributed by atoms with van der Waals surface area (Å²) in [6.07, 6.45) is -1.51. The Labute approximate surface area is 128 Å². The summed E-state index contributed by atoms with van der Waals surface area (Å²) in [7, 11) is -9.88. The molecule has 0 unspecified atom stereocenters. The lowest BCUT2D eigenvalue weighted by atomic mass is 9.61. The van der Waals surface area contributed by atoms with Crippen LogP contribution in [0, 0.1) is 10.8 Å². The molecular weight excluding hydrogens is 342 g/mol. The van der Waals surface area contributed by atoms with Gasteiger partial charge in [0.1, 0.15) is 11.6 Å². The maximum atomic E-state index is 12.8. The van der Waals surface area contributed by atoms with Crippen molar-refractivity contribution in [1.82, 2.24) is 0 Å². The van der Waals surface area contributed by atoms with Gasteiger partial charge in [0, 0.05) is 12.8 Å². The molecule has 0 spiro atoms. The van der Waals surface area contributed by atoms with E-state index in [0.29, 0.717) is 0 Å². The van der Waals surface area contributed by atoms with Crippen LogP contribution in [-0.4, -0.2) is 39.9 Å². The van der Waals surface area contributed by atoms with Crippen LogP contribution < -0.4 is 0 Å². The Morgan fingerprint density at radius 2 is 1.18 bits per heavy atom. The molecule has 0 atom stereocenters. The largest absolute Gasteiger partial charge is 0.302 e. The Morgan fingerprint density at radius 3 is 1.45 bits per heavy atom. The average molecular weight is 360 g/mol. The zero-order chi connectivity index (χ0) is 17.4. The van der Waals surface area contributed by atoms with Crippen molar-refractivity contribution >= 4 is 32.0 Å². The minimum atomic E-state index is -4.94. The van der Waals surface area contributed by atoms with Crippen molar-refractivity contribution in [2.24, 2.45) is 10.8 Å². The van der Waals surface area contributed by atoms with Gasteiger partial charge in [0.15, 0.2) is 0 Å².